The Balaban J connectivity index is 1.91. The van der Waals surface area contributed by atoms with Crippen LogP contribution in [0.1, 0.15) is 71.6 Å². The van der Waals surface area contributed by atoms with Crippen molar-refractivity contribution in [1.82, 2.24) is 5.32 Å². The minimum atomic E-state index is 0.658. The molecule has 2 aliphatic carbocycles. The van der Waals surface area contributed by atoms with Gasteiger partial charge in [0.25, 0.3) is 0 Å². The predicted octanol–water partition coefficient (Wildman–Crippen LogP) is 4.13. The van der Waals surface area contributed by atoms with Crippen LogP contribution in [0.3, 0.4) is 0 Å². The molecule has 0 aromatic rings. The van der Waals surface area contributed by atoms with Gasteiger partial charge in [-0.05, 0) is 50.0 Å². The minimum absolute atomic E-state index is 0.658. The summed E-state index contributed by atoms with van der Waals surface area (Å²) in [4.78, 5) is 0. The normalized spacial score (nSPS) is 25.9. The van der Waals surface area contributed by atoms with Crippen LogP contribution in [0.25, 0.3) is 0 Å². The summed E-state index contributed by atoms with van der Waals surface area (Å²) in [5.41, 5.74) is 0.658. The van der Waals surface area contributed by atoms with Crippen LogP contribution in [0.2, 0.25) is 0 Å². The molecule has 0 aromatic heterocycles. The van der Waals surface area contributed by atoms with Crippen LogP contribution < -0.4 is 5.32 Å². The Morgan fingerprint density at radius 2 is 1.88 bits per heavy atom. The van der Waals surface area contributed by atoms with E-state index in [0.717, 1.165) is 18.5 Å². The van der Waals surface area contributed by atoms with Gasteiger partial charge in [-0.2, -0.15) is 0 Å². The van der Waals surface area contributed by atoms with Crippen LogP contribution in [0.5, 0.6) is 0 Å². The minimum Gasteiger partial charge on any atom is -0.314 e. The van der Waals surface area contributed by atoms with Gasteiger partial charge < -0.3 is 5.32 Å². The highest BCUT2D eigenvalue weighted by Gasteiger charge is 2.39. The van der Waals surface area contributed by atoms with Crippen LogP contribution in [-0.4, -0.2) is 12.6 Å². The molecule has 0 bridgehead atoms. The van der Waals surface area contributed by atoms with Gasteiger partial charge in [-0.25, -0.2) is 0 Å². The Bertz CT molecular complexity index is 201. The van der Waals surface area contributed by atoms with Gasteiger partial charge in [0.1, 0.15) is 0 Å². The van der Waals surface area contributed by atoms with Gasteiger partial charge in [-0.1, -0.05) is 39.5 Å². The van der Waals surface area contributed by atoms with Crippen molar-refractivity contribution in [3.05, 3.63) is 0 Å². The number of nitrogens with one attached hydrogen (secondary N) is 1. The molecule has 1 N–H and O–H groups in total. The molecule has 0 spiro atoms. The fourth-order valence-electron chi connectivity index (χ4n) is 3.71. The molecule has 0 heterocycles. The maximum Gasteiger partial charge on any atom is 0.0123 e. The van der Waals surface area contributed by atoms with Gasteiger partial charge in [-0.15, -0.1) is 0 Å². The van der Waals surface area contributed by atoms with Crippen molar-refractivity contribution in [1.29, 1.82) is 0 Å². The van der Waals surface area contributed by atoms with Crippen LogP contribution >= 0.6 is 0 Å². The van der Waals surface area contributed by atoms with Crippen molar-refractivity contribution in [2.45, 2.75) is 77.7 Å². The van der Waals surface area contributed by atoms with Crippen molar-refractivity contribution in [2.24, 2.45) is 11.3 Å². The number of hydrogen-bond acceptors (Lipinski definition) is 1. The summed E-state index contributed by atoms with van der Waals surface area (Å²) in [6.07, 6.45) is 13.2. The van der Waals surface area contributed by atoms with Crippen LogP contribution in [0.15, 0.2) is 0 Å². The first-order valence-corrected chi connectivity index (χ1v) is 7.54. The van der Waals surface area contributed by atoms with Crippen molar-refractivity contribution < 1.29 is 0 Å². The van der Waals surface area contributed by atoms with E-state index in [1.807, 2.05) is 0 Å². The molecule has 1 atom stereocenters. The summed E-state index contributed by atoms with van der Waals surface area (Å²) < 4.78 is 0. The lowest BCUT2D eigenvalue weighted by molar-refractivity contribution is 0.174. The smallest absolute Gasteiger partial charge is 0.0123 e. The molecule has 16 heavy (non-hydrogen) atoms. The van der Waals surface area contributed by atoms with E-state index in [-0.39, 0.29) is 0 Å². The SMILES string of the molecule is CCNC(CCC1CC1)C1(CC)CCCC1. The summed E-state index contributed by atoms with van der Waals surface area (Å²) in [5, 5.41) is 3.80. The average molecular weight is 223 g/mol. The standard InChI is InChI=1S/C15H29N/c1-3-15(11-5-6-12-15)14(16-4-2)10-9-13-7-8-13/h13-14,16H,3-12H2,1-2H3. The van der Waals surface area contributed by atoms with Gasteiger partial charge in [-0.3, -0.25) is 0 Å². The largest absolute Gasteiger partial charge is 0.314 e. The molecule has 1 nitrogen and oxygen atoms in total. The Hall–Kier alpha value is -0.0400. The molecular formula is C15H29N. The maximum absolute atomic E-state index is 3.80. The number of rotatable bonds is 7. The van der Waals surface area contributed by atoms with Gasteiger partial charge in [0, 0.05) is 6.04 Å². The second-order valence-corrected chi connectivity index (χ2v) is 6.05. The lowest BCUT2D eigenvalue weighted by atomic mass is 9.74. The summed E-state index contributed by atoms with van der Waals surface area (Å²) in [5.74, 6) is 1.09. The second-order valence-electron chi connectivity index (χ2n) is 6.05. The first-order chi connectivity index (χ1) is 7.80. The van der Waals surface area contributed by atoms with E-state index in [4.69, 9.17) is 0 Å². The highest BCUT2D eigenvalue weighted by Crippen LogP contribution is 2.46. The Kier molecular flexibility index (Phi) is 4.29. The highest BCUT2D eigenvalue weighted by molar-refractivity contribution is 4.94. The van der Waals surface area contributed by atoms with E-state index in [0.29, 0.717) is 5.41 Å². The molecule has 2 fully saturated rings. The van der Waals surface area contributed by atoms with E-state index in [1.54, 1.807) is 0 Å². The summed E-state index contributed by atoms with van der Waals surface area (Å²) in [6, 6.07) is 0.811. The molecule has 0 amide bonds. The second kappa shape index (κ2) is 5.53. The molecule has 2 saturated carbocycles. The lowest BCUT2D eigenvalue weighted by Gasteiger charge is -2.38. The van der Waals surface area contributed by atoms with Gasteiger partial charge in [0.2, 0.25) is 0 Å². The lowest BCUT2D eigenvalue weighted by Crippen LogP contribution is -2.43. The molecule has 94 valence electrons. The van der Waals surface area contributed by atoms with Crippen LogP contribution in [0, 0.1) is 11.3 Å². The van der Waals surface area contributed by atoms with Gasteiger partial charge >= 0.3 is 0 Å². The first kappa shape index (κ1) is 12.4. The van der Waals surface area contributed by atoms with Crippen molar-refractivity contribution in [3.8, 4) is 0 Å². The zero-order chi connectivity index (χ0) is 11.4. The quantitative estimate of drug-likeness (QED) is 0.684. The summed E-state index contributed by atoms with van der Waals surface area (Å²) >= 11 is 0. The zero-order valence-electron chi connectivity index (χ0n) is 11.2. The molecule has 0 saturated heterocycles. The zero-order valence-corrected chi connectivity index (χ0v) is 11.2. The van der Waals surface area contributed by atoms with E-state index >= 15 is 0 Å². The molecule has 0 aliphatic heterocycles. The first-order valence-electron chi connectivity index (χ1n) is 7.54. The Labute approximate surface area is 101 Å². The molecule has 1 unspecified atom stereocenters. The van der Waals surface area contributed by atoms with Crippen molar-refractivity contribution in [2.75, 3.05) is 6.54 Å². The summed E-state index contributed by atoms with van der Waals surface area (Å²) in [6.45, 7) is 5.83. The van der Waals surface area contributed by atoms with E-state index < -0.39 is 0 Å². The molecule has 0 radical (unpaired) electrons. The third-order valence-corrected chi connectivity index (χ3v) is 5.05. The van der Waals surface area contributed by atoms with Crippen LogP contribution in [0.4, 0.5) is 0 Å². The predicted molar refractivity (Wildman–Crippen MR) is 70.6 cm³/mol. The van der Waals surface area contributed by atoms with Crippen molar-refractivity contribution in [3.63, 3.8) is 0 Å². The topological polar surface area (TPSA) is 12.0 Å². The fraction of sp³-hybridized carbons (Fsp3) is 1.00. The molecular weight excluding hydrogens is 194 g/mol. The monoisotopic (exact) mass is 223 g/mol. The van der Waals surface area contributed by atoms with Crippen LogP contribution in [-0.2, 0) is 0 Å². The van der Waals surface area contributed by atoms with Gasteiger partial charge in [0.15, 0.2) is 0 Å². The van der Waals surface area contributed by atoms with Crippen molar-refractivity contribution >= 4 is 0 Å². The van der Waals surface area contributed by atoms with E-state index in [9.17, 15) is 0 Å². The number of hydrogen-bond donors (Lipinski definition) is 1. The average Bonchev–Trinajstić information content (AvgIpc) is 3.00. The third kappa shape index (κ3) is 2.80. The maximum atomic E-state index is 3.80. The fourth-order valence-corrected chi connectivity index (χ4v) is 3.71. The van der Waals surface area contributed by atoms with E-state index in [1.165, 1.54) is 57.8 Å². The van der Waals surface area contributed by atoms with E-state index in [2.05, 4.69) is 19.2 Å². The summed E-state index contributed by atoms with van der Waals surface area (Å²) in [7, 11) is 0. The third-order valence-electron chi connectivity index (χ3n) is 5.05. The molecule has 1 heteroatoms. The highest BCUT2D eigenvalue weighted by atomic mass is 14.9. The molecule has 2 rings (SSSR count). The molecule has 0 aromatic carbocycles. The Morgan fingerprint density at radius 3 is 2.38 bits per heavy atom. The molecule has 2 aliphatic rings. The Morgan fingerprint density at radius 1 is 1.19 bits per heavy atom. The van der Waals surface area contributed by atoms with Gasteiger partial charge in [0.05, 0.1) is 0 Å².